The third kappa shape index (κ3) is 3.39. The van der Waals surface area contributed by atoms with Crippen LogP contribution in [0.5, 0.6) is 0 Å². The molecule has 1 aliphatic rings. The number of aliphatic hydroxyl groups is 2. The molecule has 1 aromatic heterocycles. The SMILES string of the molecule is NCCCO[C@H]1[C@@H](O)[C@H](n2ccc(N)nc2=O)O[C@@H]1CO. The summed E-state index contributed by atoms with van der Waals surface area (Å²) < 4.78 is 12.1. The largest absolute Gasteiger partial charge is 0.394 e. The molecule has 6 N–H and O–H groups in total. The van der Waals surface area contributed by atoms with E-state index in [1.807, 2.05) is 0 Å². The van der Waals surface area contributed by atoms with E-state index >= 15 is 0 Å². The summed E-state index contributed by atoms with van der Waals surface area (Å²) in [6.45, 7) is 0.454. The second-order valence-electron chi connectivity index (χ2n) is 4.76. The van der Waals surface area contributed by atoms with Crippen LogP contribution in [0.3, 0.4) is 0 Å². The normalized spacial score (nSPS) is 28.9. The van der Waals surface area contributed by atoms with E-state index in [1.165, 1.54) is 12.3 Å². The topological polar surface area (TPSA) is 146 Å². The standard InChI is InChI=1S/C12H20N4O5/c13-3-1-5-20-10-7(6-17)21-11(9(10)18)16-4-2-8(14)15-12(16)19/h2,4,7,9-11,17-18H,1,3,5-6,13H2,(H2,14,15,19)/t7-,9-,10-,11-/m1/s1. The lowest BCUT2D eigenvalue weighted by Gasteiger charge is -2.20. The molecule has 9 heteroatoms. The maximum atomic E-state index is 11.8. The zero-order valence-electron chi connectivity index (χ0n) is 11.5. The first kappa shape index (κ1) is 15.9. The third-order valence-corrected chi connectivity index (χ3v) is 3.27. The molecule has 2 heterocycles. The van der Waals surface area contributed by atoms with Crippen molar-refractivity contribution in [3.05, 3.63) is 22.7 Å². The number of aromatic nitrogens is 2. The maximum absolute atomic E-state index is 11.8. The Hall–Kier alpha value is -1.52. The molecule has 0 aromatic carbocycles. The molecule has 1 aliphatic heterocycles. The lowest BCUT2D eigenvalue weighted by Crippen LogP contribution is -2.38. The Labute approximate surface area is 121 Å². The highest BCUT2D eigenvalue weighted by Crippen LogP contribution is 2.30. The average molecular weight is 300 g/mol. The number of aliphatic hydroxyl groups excluding tert-OH is 2. The van der Waals surface area contributed by atoms with E-state index in [-0.39, 0.29) is 12.4 Å². The molecule has 0 aliphatic carbocycles. The van der Waals surface area contributed by atoms with Crippen molar-refractivity contribution in [1.29, 1.82) is 0 Å². The van der Waals surface area contributed by atoms with Gasteiger partial charge in [0.15, 0.2) is 6.23 Å². The van der Waals surface area contributed by atoms with Crippen LogP contribution in [0.1, 0.15) is 12.6 Å². The molecule has 1 fully saturated rings. The van der Waals surface area contributed by atoms with Gasteiger partial charge in [-0.25, -0.2) is 4.79 Å². The Balaban J connectivity index is 2.16. The van der Waals surface area contributed by atoms with E-state index in [0.717, 1.165) is 4.57 Å². The van der Waals surface area contributed by atoms with Gasteiger partial charge in [-0.05, 0) is 19.0 Å². The minimum Gasteiger partial charge on any atom is -0.394 e. The van der Waals surface area contributed by atoms with Gasteiger partial charge < -0.3 is 31.2 Å². The summed E-state index contributed by atoms with van der Waals surface area (Å²) in [5, 5.41) is 19.6. The number of nitrogen functional groups attached to an aromatic ring is 1. The number of rotatable bonds is 6. The Morgan fingerprint density at radius 3 is 2.90 bits per heavy atom. The molecule has 1 aromatic rings. The van der Waals surface area contributed by atoms with Crippen molar-refractivity contribution in [3.8, 4) is 0 Å². The lowest BCUT2D eigenvalue weighted by molar-refractivity contribution is -0.0622. The molecule has 9 nitrogen and oxygen atoms in total. The Bertz CT molecular complexity index is 523. The molecule has 0 bridgehead atoms. The van der Waals surface area contributed by atoms with Gasteiger partial charge in [-0.15, -0.1) is 0 Å². The first-order chi connectivity index (χ1) is 10.1. The van der Waals surface area contributed by atoms with Crippen molar-refractivity contribution in [2.45, 2.75) is 31.0 Å². The van der Waals surface area contributed by atoms with E-state index < -0.39 is 30.2 Å². The molecule has 0 amide bonds. The predicted molar refractivity (Wildman–Crippen MR) is 73.3 cm³/mol. The molecule has 2 rings (SSSR count). The Morgan fingerprint density at radius 1 is 1.52 bits per heavy atom. The summed E-state index contributed by atoms with van der Waals surface area (Å²) in [5.41, 5.74) is 10.2. The molecule has 0 spiro atoms. The number of nitrogens with zero attached hydrogens (tertiary/aromatic N) is 2. The van der Waals surface area contributed by atoms with Crippen molar-refractivity contribution >= 4 is 5.82 Å². The fourth-order valence-electron chi connectivity index (χ4n) is 2.22. The van der Waals surface area contributed by atoms with E-state index in [9.17, 15) is 15.0 Å². The van der Waals surface area contributed by atoms with Crippen LogP contribution >= 0.6 is 0 Å². The van der Waals surface area contributed by atoms with E-state index in [2.05, 4.69) is 4.98 Å². The van der Waals surface area contributed by atoms with Crippen molar-refractivity contribution in [2.24, 2.45) is 5.73 Å². The molecule has 21 heavy (non-hydrogen) atoms. The highest BCUT2D eigenvalue weighted by molar-refractivity contribution is 5.23. The monoisotopic (exact) mass is 300 g/mol. The second kappa shape index (κ2) is 6.96. The summed E-state index contributed by atoms with van der Waals surface area (Å²) in [5.74, 6) is 0.0817. The average Bonchev–Trinajstić information content (AvgIpc) is 2.76. The van der Waals surface area contributed by atoms with E-state index in [1.54, 1.807) is 0 Å². The van der Waals surface area contributed by atoms with Crippen molar-refractivity contribution in [2.75, 3.05) is 25.5 Å². The first-order valence-electron chi connectivity index (χ1n) is 6.69. The molecule has 118 valence electrons. The van der Waals surface area contributed by atoms with Crippen LogP contribution in [0.2, 0.25) is 0 Å². The quantitative estimate of drug-likeness (QED) is 0.433. The first-order valence-corrected chi connectivity index (χ1v) is 6.69. The molecule has 0 unspecified atom stereocenters. The van der Waals surface area contributed by atoms with Gasteiger partial charge in [-0.2, -0.15) is 4.98 Å². The van der Waals surface area contributed by atoms with Crippen LogP contribution in [0.25, 0.3) is 0 Å². The van der Waals surface area contributed by atoms with Crippen molar-refractivity contribution in [1.82, 2.24) is 9.55 Å². The summed E-state index contributed by atoms with van der Waals surface area (Å²) in [4.78, 5) is 15.4. The van der Waals surface area contributed by atoms with Gasteiger partial charge in [0, 0.05) is 12.8 Å². The third-order valence-electron chi connectivity index (χ3n) is 3.27. The van der Waals surface area contributed by atoms with Crippen LogP contribution in [0, 0.1) is 0 Å². The number of anilines is 1. The summed E-state index contributed by atoms with van der Waals surface area (Å²) in [7, 11) is 0. The molecule has 0 radical (unpaired) electrons. The summed E-state index contributed by atoms with van der Waals surface area (Å²) in [6, 6.07) is 1.42. The van der Waals surface area contributed by atoms with Gasteiger partial charge in [-0.1, -0.05) is 0 Å². The van der Waals surface area contributed by atoms with E-state index in [4.69, 9.17) is 20.9 Å². The fraction of sp³-hybridized carbons (Fsp3) is 0.667. The molecular weight excluding hydrogens is 280 g/mol. The highest BCUT2D eigenvalue weighted by atomic mass is 16.6. The Kier molecular flexibility index (Phi) is 5.26. The maximum Gasteiger partial charge on any atom is 0.351 e. The van der Waals surface area contributed by atoms with Crippen molar-refractivity contribution < 1.29 is 19.7 Å². The molecule has 0 saturated carbocycles. The zero-order valence-corrected chi connectivity index (χ0v) is 11.5. The van der Waals surface area contributed by atoms with Crippen LogP contribution in [-0.2, 0) is 9.47 Å². The van der Waals surface area contributed by atoms with Gasteiger partial charge in [0.05, 0.1) is 6.61 Å². The fourth-order valence-corrected chi connectivity index (χ4v) is 2.22. The number of hydrogen-bond donors (Lipinski definition) is 4. The van der Waals surface area contributed by atoms with Gasteiger partial charge >= 0.3 is 5.69 Å². The van der Waals surface area contributed by atoms with Gasteiger partial charge in [0.2, 0.25) is 0 Å². The minimum atomic E-state index is -1.11. The van der Waals surface area contributed by atoms with Crippen molar-refractivity contribution in [3.63, 3.8) is 0 Å². The second-order valence-corrected chi connectivity index (χ2v) is 4.76. The molecule has 4 atom stereocenters. The summed E-state index contributed by atoms with van der Waals surface area (Å²) >= 11 is 0. The van der Waals surface area contributed by atoms with Crippen LogP contribution in [0.4, 0.5) is 5.82 Å². The molecule has 1 saturated heterocycles. The van der Waals surface area contributed by atoms with Gasteiger partial charge in [-0.3, -0.25) is 4.57 Å². The van der Waals surface area contributed by atoms with Crippen LogP contribution in [0.15, 0.2) is 17.1 Å². The highest BCUT2D eigenvalue weighted by Gasteiger charge is 2.45. The minimum absolute atomic E-state index is 0.0817. The summed E-state index contributed by atoms with van der Waals surface area (Å²) in [6.07, 6.45) is -1.55. The number of ether oxygens (including phenoxy) is 2. The number of nitrogens with two attached hydrogens (primary N) is 2. The van der Waals surface area contributed by atoms with Gasteiger partial charge in [0.25, 0.3) is 0 Å². The van der Waals surface area contributed by atoms with E-state index in [0.29, 0.717) is 19.6 Å². The zero-order chi connectivity index (χ0) is 15.4. The van der Waals surface area contributed by atoms with Crippen LogP contribution < -0.4 is 17.2 Å². The lowest BCUT2D eigenvalue weighted by atomic mass is 10.1. The Morgan fingerprint density at radius 2 is 2.29 bits per heavy atom. The van der Waals surface area contributed by atoms with Crippen LogP contribution in [-0.4, -0.2) is 57.8 Å². The molecular formula is C12H20N4O5. The predicted octanol–water partition coefficient (Wildman–Crippen LogP) is -2.19. The number of hydrogen-bond acceptors (Lipinski definition) is 8. The van der Waals surface area contributed by atoms with Gasteiger partial charge in [0.1, 0.15) is 24.1 Å². The smallest absolute Gasteiger partial charge is 0.351 e.